The first kappa shape index (κ1) is 8.94. The maximum absolute atomic E-state index is 5.28. The Balaban J connectivity index is 2.77. The Hall–Kier alpha value is -1.64. The van der Waals surface area contributed by atoms with Crippen LogP contribution in [-0.2, 0) is 6.42 Å². The zero-order valence-electron chi connectivity index (χ0n) is 8.32. The second-order valence-electron chi connectivity index (χ2n) is 3.02. The maximum Gasteiger partial charge on any atom is 0.124 e. The summed E-state index contributed by atoms with van der Waals surface area (Å²) in [5.41, 5.74) is 2.98. The zero-order valence-corrected chi connectivity index (χ0v) is 8.32. The highest BCUT2D eigenvalue weighted by atomic mass is 16.5. The van der Waals surface area contributed by atoms with Crippen LogP contribution in [0.1, 0.15) is 12.5 Å². The van der Waals surface area contributed by atoms with E-state index < -0.39 is 0 Å². The summed E-state index contributed by atoms with van der Waals surface area (Å²) in [5.74, 6) is 0.889. The van der Waals surface area contributed by atoms with Gasteiger partial charge in [-0.25, -0.2) is 0 Å². The second-order valence-corrected chi connectivity index (χ2v) is 3.02. The molecule has 3 nitrogen and oxygen atoms in total. The molecule has 0 saturated heterocycles. The first-order chi connectivity index (χ1) is 6.86. The van der Waals surface area contributed by atoms with Gasteiger partial charge >= 0.3 is 0 Å². The van der Waals surface area contributed by atoms with Crippen molar-refractivity contribution in [2.24, 2.45) is 0 Å². The molecule has 2 aromatic rings. The molecule has 0 aliphatic heterocycles. The van der Waals surface area contributed by atoms with Gasteiger partial charge < -0.3 is 4.74 Å². The summed E-state index contributed by atoms with van der Waals surface area (Å²) in [6.45, 7) is 2.09. The molecule has 0 bridgehead atoms. The van der Waals surface area contributed by atoms with Crippen LogP contribution in [0.2, 0.25) is 0 Å². The average Bonchev–Trinajstić information content (AvgIpc) is 2.27. The Labute approximate surface area is 82.8 Å². The Kier molecular flexibility index (Phi) is 2.31. The van der Waals surface area contributed by atoms with E-state index in [9.17, 15) is 0 Å². The fourth-order valence-corrected chi connectivity index (χ4v) is 1.61. The molecule has 0 unspecified atom stereocenters. The molecular weight excluding hydrogens is 176 g/mol. The largest absolute Gasteiger partial charge is 0.496 e. The normalized spacial score (nSPS) is 10.4. The van der Waals surface area contributed by atoms with Crippen LogP contribution in [-0.4, -0.2) is 17.1 Å². The molecule has 0 saturated carbocycles. The lowest BCUT2D eigenvalue weighted by Gasteiger charge is -2.08. The molecule has 0 aliphatic rings. The third-order valence-corrected chi connectivity index (χ3v) is 2.28. The van der Waals surface area contributed by atoms with Gasteiger partial charge in [-0.05, 0) is 18.6 Å². The van der Waals surface area contributed by atoms with Crippen LogP contribution >= 0.6 is 0 Å². The van der Waals surface area contributed by atoms with Crippen molar-refractivity contribution >= 4 is 11.0 Å². The van der Waals surface area contributed by atoms with Crippen molar-refractivity contribution < 1.29 is 4.74 Å². The number of ether oxygens (including phenoxy) is 1. The molecule has 0 atom stereocenters. The van der Waals surface area contributed by atoms with Gasteiger partial charge in [-0.3, -0.25) is 9.97 Å². The standard InChI is InChI=1S/C11H12N2O/c1-3-8-10(14-2)5-4-9-11(8)13-7-6-12-9/h4-7H,3H2,1-2H3. The highest BCUT2D eigenvalue weighted by Crippen LogP contribution is 2.25. The average molecular weight is 188 g/mol. The molecule has 1 aromatic carbocycles. The molecule has 2 rings (SSSR count). The molecule has 0 radical (unpaired) electrons. The van der Waals surface area contributed by atoms with Crippen molar-refractivity contribution in [1.82, 2.24) is 9.97 Å². The molecule has 0 N–H and O–H groups in total. The van der Waals surface area contributed by atoms with Gasteiger partial charge in [0.05, 0.1) is 18.1 Å². The Morgan fingerprint density at radius 3 is 2.71 bits per heavy atom. The van der Waals surface area contributed by atoms with Crippen LogP contribution in [0.25, 0.3) is 11.0 Å². The van der Waals surface area contributed by atoms with E-state index in [0.717, 1.165) is 28.8 Å². The summed E-state index contributed by atoms with van der Waals surface area (Å²) in [6, 6.07) is 3.87. The summed E-state index contributed by atoms with van der Waals surface area (Å²) >= 11 is 0. The van der Waals surface area contributed by atoms with E-state index in [-0.39, 0.29) is 0 Å². The Bertz CT molecular complexity index is 454. The maximum atomic E-state index is 5.28. The SMILES string of the molecule is CCc1c(OC)ccc2nccnc12. The number of hydrogen-bond acceptors (Lipinski definition) is 3. The molecule has 0 spiro atoms. The third kappa shape index (κ3) is 1.31. The summed E-state index contributed by atoms with van der Waals surface area (Å²) < 4.78 is 5.28. The highest BCUT2D eigenvalue weighted by Gasteiger charge is 2.07. The number of aryl methyl sites for hydroxylation is 1. The summed E-state index contributed by atoms with van der Waals surface area (Å²) in [4.78, 5) is 8.57. The predicted molar refractivity (Wildman–Crippen MR) is 55.5 cm³/mol. The fraction of sp³-hybridized carbons (Fsp3) is 0.273. The molecule has 72 valence electrons. The van der Waals surface area contributed by atoms with Crippen molar-refractivity contribution in [3.05, 3.63) is 30.1 Å². The van der Waals surface area contributed by atoms with E-state index in [4.69, 9.17) is 4.74 Å². The Morgan fingerprint density at radius 2 is 2.00 bits per heavy atom. The van der Waals surface area contributed by atoms with Crippen LogP contribution in [0.4, 0.5) is 0 Å². The minimum absolute atomic E-state index is 0.889. The number of aromatic nitrogens is 2. The topological polar surface area (TPSA) is 35.0 Å². The fourth-order valence-electron chi connectivity index (χ4n) is 1.61. The van der Waals surface area contributed by atoms with Gasteiger partial charge in [0.1, 0.15) is 5.75 Å². The minimum Gasteiger partial charge on any atom is -0.496 e. The van der Waals surface area contributed by atoms with Crippen molar-refractivity contribution in [1.29, 1.82) is 0 Å². The molecule has 14 heavy (non-hydrogen) atoms. The zero-order chi connectivity index (χ0) is 9.97. The van der Waals surface area contributed by atoms with Crippen molar-refractivity contribution in [2.75, 3.05) is 7.11 Å². The third-order valence-electron chi connectivity index (χ3n) is 2.28. The van der Waals surface area contributed by atoms with Crippen LogP contribution < -0.4 is 4.74 Å². The van der Waals surface area contributed by atoms with Gasteiger partial charge in [-0.15, -0.1) is 0 Å². The number of methoxy groups -OCH3 is 1. The molecule has 1 heterocycles. The lowest BCUT2D eigenvalue weighted by molar-refractivity contribution is 0.411. The van der Waals surface area contributed by atoms with E-state index in [0.29, 0.717) is 0 Å². The second kappa shape index (κ2) is 3.62. The number of nitrogens with zero attached hydrogens (tertiary/aromatic N) is 2. The smallest absolute Gasteiger partial charge is 0.124 e. The van der Waals surface area contributed by atoms with Gasteiger partial charge in [0.25, 0.3) is 0 Å². The van der Waals surface area contributed by atoms with Crippen LogP contribution in [0.5, 0.6) is 5.75 Å². The van der Waals surface area contributed by atoms with Crippen molar-refractivity contribution in [3.63, 3.8) is 0 Å². The molecule has 3 heteroatoms. The minimum atomic E-state index is 0.889. The van der Waals surface area contributed by atoms with Crippen molar-refractivity contribution in [2.45, 2.75) is 13.3 Å². The van der Waals surface area contributed by atoms with E-state index in [1.807, 2.05) is 12.1 Å². The van der Waals surface area contributed by atoms with Gasteiger partial charge in [0.2, 0.25) is 0 Å². The summed E-state index contributed by atoms with van der Waals surface area (Å²) in [6.07, 6.45) is 4.31. The summed E-state index contributed by atoms with van der Waals surface area (Å²) in [5, 5.41) is 0. The first-order valence-electron chi connectivity index (χ1n) is 4.63. The van der Waals surface area contributed by atoms with E-state index in [1.165, 1.54) is 0 Å². The molecule has 0 aliphatic carbocycles. The molecule has 1 aromatic heterocycles. The molecular formula is C11H12N2O. The van der Waals surface area contributed by atoms with E-state index >= 15 is 0 Å². The first-order valence-corrected chi connectivity index (χ1v) is 4.63. The number of fused-ring (bicyclic) bond motifs is 1. The van der Waals surface area contributed by atoms with Crippen molar-refractivity contribution in [3.8, 4) is 5.75 Å². The quantitative estimate of drug-likeness (QED) is 0.724. The number of rotatable bonds is 2. The number of benzene rings is 1. The molecule has 0 amide bonds. The van der Waals surface area contributed by atoms with E-state index in [1.54, 1.807) is 19.5 Å². The summed E-state index contributed by atoms with van der Waals surface area (Å²) in [7, 11) is 1.68. The predicted octanol–water partition coefficient (Wildman–Crippen LogP) is 2.20. The van der Waals surface area contributed by atoms with Crippen LogP contribution in [0.3, 0.4) is 0 Å². The van der Waals surface area contributed by atoms with E-state index in [2.05, 4.69) is 16.9 Å². The number of hydrogen-bond donors (Lipinski definition) is 0. The van der Waals surface area contributed by atoms with Gasteiger partial charge in [-0.2, -0.15) is 0 Å². The monoisotopic (exact) mass is 188 g/mol. The highest BCUT2D eigenvalue weighted by molar-refractivity contribution is 5.80. The Morgan fingerprint density at radius 1 is 1.21 bits per heavy atom. The lowest BCUT2D eigenvalue weighted by atomic mass is 10.1. The molecule has 0 fully saturated rings. The van der Waals surface area contributed by atoms with Crippen LogP contribution in [0.15, 0.2) is 24.5 Å². The van der Waals surface area contributed by atoms with Gasteiger partial charge in [0.15, 0.2) is 0 Å². The van der Waals surface area contributed by atoms with Gasteiger partial charge in [0, 0.05) is 18.0 Å². The van der Waals surface area contributed by atoms with Crippen LogP contribution in [0, 0.1) is 0 Å². The van der Waals surface area contributed by atoms with Gasteiger partial charge in [-0.1, -0.05) is 6.92 Å². The lowest BCUT2D eigenvalue weighted by Crippen LogP contribution is -1.94.